The van der Waals surface area contributed by atoms with Gasteiger partial charge >= 0.3 is 11.6 Å². The number of nitrogens with one attached hydrogen (secondary N) is 1. The Balaban J connectivity index is 1.65. The van der Waals surface area contributed by atoms with Gasteiger partial charge in [-0.05, 0) is 56.5 Å². The average molecular weight is 488 g/mol. The van der Waals surface area contributed by atoms with Crippen LogP contribution in [0.4, 0.5) is 5.69 Å². The Bertz CT molecular complexity index is 1300. The third-order valence-electron chi connectivity index (χ3n) is 5.49. The van der Waals surface area contributed by atoms with E-state index in [1.165, 1.54) is 21.1 Å². The van der Waals surface area contributed by atoms with Crippen molar-refractivity contribution in [2.45, 2.75) is 39.7 Å². The van der Waals surface area contributed by atoms with Crippen molar-refractivity contribution in [3.8, 4) is 11.5 Å². The smallest absolute Gasteiger partial charge is 0.339 e. The van der Waals surface area contributed by atoms with Gasteiger partial charge in [-0.2, -0.15) is 0 Å². The average Bonchev–Trinajstić information content (AvgIpc) is 2.80. The Morgan fingerprint density at radius 2 is 1.85 bits per heavy atom. The van der Waals surface area contributed by atoms with Gasteiger partial charge in [-0.1, -0.05) is 11.6 Å². The first-order chi connectivity index (χ1) is 16.1. The molecule has 0 radical (unpaired) electrons. The van der Waals surface area contributed by atoms with Crippen molar-refractivity contribution in [2.75, 3.05) is 19.5 Å². The SMILES string of the molecule is COc1ccc2c(C)c(CCC(=O)OC(C)C(=O)Nc3cc(C)c(Cl)cc3OC)c(=O)oc2c1. The number of aryl methyl sites for hydroxylation is 2. The number of anilines is 1. The van der Waals surface area contributed by atoms with Gasteiger partial charge in [-0.15, -0.1) is 0 Å². The molecule has 0 aliphatic rings. The van der Waals surface area contributed by atoms with Crippen molar-refractivity contribution >= 4 is 40.1 Å². The summed E-state index contributed by atoms with van der Waals surface area (Å²) in [6, 6.07) is 8.47. The highest BCUT2D eigenvalue weighted by Gasteiger charge is 2.21. The number of rotatable bonds is 8. The first kappa shape index (κ1) is 25.1. The van der Waals surface area contributed by atoms with Crippen LogP contribution in [0.5, 0.6) is 11.5 Å². The summed E-state index contributed by atoms with van der Waals surface area (Å²) >= 11 is 6.09. The number of carbonyl (C=O) groups excluding carboxylic acids is 2. The second kappa shape index (κ2) is 10.6. The van der Waals surface area contributed by atoms with Crippen molar-refractivity contribution in [1.82, 2.24) is 0 Å². The van der Waals surface area contributed by atoms with E-state index in [2.05, 4.69) is 5.32 Å². The van der Waals surface area contributed by atoms with Crippen LogP contribution in [0.1, 0.15) is 30.0 Å². The molecular weight excluding hydrogens is 462 g/mol. The van der Waals surface area contributed by atoms with Gasteiger partial charge in [-0.25, -0.2) is 4.79 Å². The van der Waals surface area contributed by atoms with Crippen LogP contribution in [-0.4, -0.2) is 32.2 Å². The first-order valence-corrected chi connectivity index (χ1v) is 11.0. The second-order valence-corrected chi connectivity index (χ2v) is 8.19. The normalized spacial score (nSPS) is 11.7. The molecule has 34 heavy (non-hydrogen) atoms. The molecule has 2 aromatic carbocycles. The van der Waals surface area contributed by atoms with Crippen LogP contribution in [0.2, 0.25) is 5.02 Å². The van der Waals surface area contributed by atoms with Gasteiger partial charge in [0.1, 0.15) is 17.1 Å². The zero-order valence-electron chi connectivity index (χ0n) is 19.6. The largest absolute Gasteiger partial charge is 0.497 e. The maximum absolute atomic E-state index is 12.5. The number of benzene rings is 2. The van der Waals surface area contributed by atoms with Gasteiger partial charge in [0.05, 0.1) is 19.9 Å². The number of halogens is 1. The lowest BCUT2D eigenvalue weighted by molar-refractivity contribution is -0.153. The molecule has 1 atom stereocenters. The minimum atomic E-state index is -1.06. The summed E-state index contributed by atoms with van der Waals surface area (Å²) in [6.07, 6.45) is -1.03. The lowest BCUT2D eigenvalue weighted by Crippen LogP contribution is -2.30. The summed E-state index contributed by atoms with van der Waals surface area (Å²) < 4.78 is 21.1. The van der Waals surface area contributed by atoms with E-state index in [9.17, 15) is 14.4 Å². The molecule has 0 fully saturated rings. The van der Waals surface area contributed by atoms with E-state index in [0.29, 0.717) is 33.4 Å². The quantitative estimate of drug-likeness (QED) is 0.366. The molecular formula is C25H26ClNO7. The summed E-state index contributed by atoms with van der Waals surface area (Å²) in [5, 5.41) is 3.94. The van der Waals surface area contributed by atoms with Crippen LogP contribution in [0.25, 0.3) is 11.0 Å². The maximum Gasteiger partial charge on any atom is 0.339 e. The molecule has 0 aliphatic carbocycles. The molecule has 1 heterocycles. The monoisotopic (exact) mass is 487 g/mol. The fourth-order valence-corrected chi connectivity index (χ4v) is 3.65. The Morgan fingerprint density at radius 1 is 1.12 bits per heavy atom. The van der Waals surface area contributed by atoms with E-state index < -0.39 is 23.6 Å². The van der Waals surface area contributed by atoms with Crippen LogP contribution < -0.4 is 20.4 Å². The Kier molecular flexibility index (Phi) is 7.83. The van der Waals surface area contributed by atoms with Gasteiger partial charge < -0.3 is 23.9 Å². The summed E-state index contributed by atoms with van der Waals surface area (Å²) in [5.74, 6) is -0.178. The van der Waals surface area contributed by atoms with Crippen LogP contribution in [-0.2, 0) is 20.7 Å². The van der Waals surface area contributed by atoms with Crippen molar-refractivity contribution in [1.29, 1.82) is 0 Å². The Morgan fingerprint density at radius 3 is 2.53 bits per heavy atom. The maximum atomic E-state index is 12.5. The lowest BCUT2D eigenvalue weighted by atomic mass is 10.0. The lowest BCUT2D eigenvalue weighted by Gasteiger charge is -2.16. The fourth-order valence-electron chi connectivity index (χ4n) is 3.49. The number of esters is 1. The van der Waals surface area contributed by atoms with Gasteiger partial charge in [0.2, 0.25) is 0 Å². The number of fused-ring (bicyclic) bond motifs is 1. The van der Waals surface area contributed by atoms with Gasteiger partial charge in [0.25, 0.3) is 5.91 Å². The Hall–Kier alpha value is -3.52. The van der Waals surface area contributed by atoms with E-state index in [1.807, 2.05) is 0 Å². The summed E-state index contributed by atoms with van der Waals surface area (Å²) in [6.45, 7) is 5.05. The fraction of sp³-hybridized carbons (Fsp3) is 0.320. The van der Waals surface area contributed by atoms with Gasteiger partial charge in [-0.3, -0.25) is 9.59 Å². The first-order valence-electron chi connectivity index (χ1n) is 10.6. The second-order valence-electron chi connectivity index (χ2n) is 7.78. The summed E-state index contributed by atoms with van der Waals surface area (Å²) in [7, 11) is 2.99. The van der Waals surface area contributed by atoms with E-state index in [0.717, 1.165) is 16.5 Å². The molecule has 180 valence electrons. The molecule has 9 heteroatoms. The number of carbonyl (C=O) groups is 2. The molecule has 1 amide bonds. The van der Waals surface area contributed by atoms with E-state index >= 15 is 0 Å². The predicted molar refractivity (Wildman–Crippen MR) is 129 cm³/mol. The Labute approximate surface area is 201 Å². The van der Waals surface area contributed by atoms with Gasteiger partial charge in [0.15, 0.2) is 6.10 Å². The van der Waals surface area contributed by atoms with Crippen molar-refractivity contribution < 1.29 is 28.2 Å². The summed E-state index contributed by atoms with van der Waals surface area (Å²) in [4.78, 5) is 37.4. The highest BCUT2D eigenvalue weighted by atomic mass is 35.5. The molecule has 1 N–H and O–H groups in total. The number of ether oxygens (including phenoxy) is 3. The minimum Gasteiger partial charge on any atom is -0.497 e. The highest BCUT2D eigenvalue weighted by molar-refractivity contribution is 6.31. The molecule has 3 rings (SSSR count). The molecule has 0 saturated heterocycles. The third-order valence-corrected chi connectivity index (χ3v) is 5.90. The molecule has 1 unspecified atom stereocenters. The number of amides is 1. The molecule has 3 aromatic rings. The molecule has 8 nitrogen and oxygen atoms in total. The van der Waals surface area contributed by atoms with E-state index in [-0.39, 0.29) is 12.8 Å². The predicted octanol–water partition coefficient (Wildman–Crippen LogP) is 4.58. The zero-order chi connectivity index (χ0) is 25.0. The molecule has 0 saturated carbocycles. The van der Waals surface area contributed by atoms with Crippen LogP contribution in [0.3, 0.4) is 0 Å². The van der Waals surface area contributed by atoms with Crippen LogP contribution in [0, 0.1) is 13.8 Å². The zero-order valence-corrected chi connectivity index (χ0v) is 20.4. The van der Waals surface area contributed by atoms with Crippen LogP contribution >= 0.6 is 11.6 Å². The van der Waals surface area contributed by atoms with Crippen molar-refractivity contribution in [2.24, 2.45) is 0 Å². The van der Waals surface area contributed by atoms with Crippen LogP contribution in [0.15, 0.2) is 39.5 Å². The molecule has 0 bridgehead atoms. The van der Waals surface area contributed by atoms with E-state index in [1.54, 1.807) is 44.2 Å². The topological polar surface area (TPSA) is 104 Å². The number of methoxy groups -OCH3 is 2. The van der Waals surface area contributed by atoms with E-state index in [4.69, 9.17) is 30.2 Å². The summed E-state index contributed by atoms with van der Waals surface area (Å²) in [5.41, 5.74) is 2.16. The number of hydrogen-bond donors (Lipinski definition) is 1. The van der Waals surface area contributed by atoms with Crippen molar-refractivity contribution in [3.05, 3.63) is 62.5 Å². The highest BCUT2D eigenvalue weighted by Crippen LogP contribution is 2.31. The van der Waals surface area contributed by atoms with Crippen molar-refractivity contribution in [3.63, 3.8) is 0 Å². The molecule has 0 aliphatic heterocycles. The van der Waals surface area contributed by atoms with Gasteiger partial charge in [0, 0.05) is 34.5 Å². The molecule has 1 aromatic heterocycles. The third kappa shape index (κ3) is 5.51. The standard InChI is InChI=1S/C25H26ClNO7/c1-13-10-20(22(32-5)12-19(13)26)27-24(29)15(3)33-23(28)9-8-18-14(2)17-7-6-16(31-4)11-21(17)34-25(18)30/h6-7,10-12,15H,8-9H2,1-5H3,(H,27,29). The molecule has 0 spiro atoms. The minimum absolute atomic E-state index is 0.0890. The number of hydrogen-bond acceptors (Lipinski definition) is 7.